The molecule has 2 atom stereocenters. The smallest absolute Gasteiger partial charge is 0.154 e. The molecule has 4 rings (SSSR count). The van der Waals surface area contributed by atoms with Crippen LogP contribution < -0.4 is 10.5 Å². The van der Waals surface area contributed by atoms with Crippen LogP contribution in [0, 0.1) is 11.3 Å². The average Bonchev–Trinajstić information content (AvgIpc) is 2.76. The monoisotopic (exact) mass is 432 g/mol. The molecule has 0 bridgehead atoms. The van der Waals surface area contributed by atoms with E-state index in [0.717, 1.165) is 42.9 Å². The second kappa shape index (κ2) is 8.64. The first-order valence-electron chi connectivity index (χ1n) is 10.6. The molecule has 2 aliphatic carbocycles. The minimum atomic E-state index is -0.760. The number of hydrogen-bond acceptors (Lipinski definition) is 3. The van der Waals surface area contributed by atoms with Crippen molar-refractivity contribution in [1.82, 2.24) is 4.98 Å². The summed E-state index contributed by atoms with van der Waals surface area (Å²) in [6.45, 7) is 2.05. The van der Waals surface area contributed by atoms with Crippen molar-refractivity contribution in [2.24, 2.45) is 17.1 Å². The SMILES string of the molecule is CCC(N)C1(C2C=CC(F)=C(F)C2)CCC(Oc2cc3ccncc3cc2Cl)CC1. The minimum Gasteiger partial charge on any atom is -0.489 e. The lowest BCUT2D eigenvalue weighted by Gasteiger charge is -2.48. The number of hydrogen-bond donors (Lipinski definition) is 1. The topological polar surface area (TPSA) is 48.1 Å². The van der Waals surface area contributed by atoms with Gasteiger partial charge in [0.05, 0.1) is 11.1 Å². The van der Waals surface area contributed by atoms with Gasteiger partial charge < -0.3 is 10.5 Å². The first-order valence-corrected chi connectivity index (χ1v) is 11.0. The van der Waals surface area contributed by atoms with E-state index in [1.54, 1.807) is 12.4 Å². The molecule has 160 valence electrons. The van der Waals surface area contributed by atoms with E-state index < -0.39 is 11.7 Å². The Kier molecular flexibility index (Phi) is 6.12. The predicted octanol–water partition coefficient (Wildman–Crippen LogP) is 6.66. The molecule has 2 N–H and O–H groups in total. The van der Waals surface area contributed by atoms with Gasteiger partial charge >= 0.3 is 0 Å². The molecule has 0 radical (unpaired) electrons. The number of ether oxygens (including phenoxy) is 1. The van der Waals surface area contributed by atoms with Crippen molar-refractivity contribution in [1.29, 1.82) is 0 Å². The lowest BCUT2D eigenvalue weighted by molar-refractivity contribution is 0.0267. The van der Waals surface area contributed by atoms with Crippen LogP contribution >= 0.6 is 11.6 Å². The maximum atomic E-state index is 14.0. The van der Waals surface area contributed by atoms with Gasteiger partial charge in [-0.1, -0.05) is 24.6 Å². The van der Waals surface area contributed by atoms with Gasteiger partial charge in [-0.25, -0.2) is 8.78 Å². The van der Waals surface area contributed by atoms with E-state index in [1.165, 1.54) is 6.08 Å². The molecular formula is C24H27ClF2N2O. The molecule has 1 fully saturated rings. The standard InChI is InChI=1S/C24H27ClF2N2O/c1-2-23(28)24(17-3-4-20(26)21(27)13-17)8-5-18(6-9-24)30-22-12-15-7-10-29-14-16(15)11-19(22)25/h3-4,7,10-12,14,17-18,23H,2,5-6,8-9,13,28H2,1H3. The number of halogens is 3. The third-order valence-corrected chi connectivity index (χ3v) is 7.19. The summed E-state index contributed by atoms with van der Waals surface area (Å²) in [5, 5.41) is 2.56. The molecule has 0 amide bonds. The van der Waals surface area contributed by atoms with Crippen LogP contribution in [0.5, 0.6) is 5.75 Å². The van der Waals surface area contributed by atoms with Crippen molar-refractivity contribution >= 4 is 22.4 Å². The lowest BCUT2D eigenvalue weighted by atomic mass is 9.59. The quantitative estimate of drug-likeness (QED) is 0.574. The molecule has 1 aromatic heterocycles. The molecule has 3 nitrogen and oxygen atoms in total. The second-order valence-electron chi connectivity index (χ2n) is 8.49. The van der Waals surface area contributed by atoms with Crippen LogP contribution in [0.25, 0.3) is 10.8 Å². The zero-order valence-corrected chi connectivity index (χ0v) is 17.8. The molecule has 2 aliphatic rings. The number of fused-ring (bicyclic) bond motifs is 1. The Balaban J connectivity index is 1.50. The van der Waals surface area contributed by atoms with Crippen LogP contribution in [0.3, 0.4) is 0 Å². The largest absolute Gasteiger partial charge is 0.489 e. The van der Waals surface area contributed by atoms with Crippen molar-refractivity contribution in [2.75, 3.05) is 0 Å². The summed E-state index contributed by atoms with van der Waals surface area (Å²) in [6.07, 6.45) is 10.7. The van der Waals surface area contributed by atoms with Gasteiger partial charge in [-0.05, 0) is 73.1 Å². The minimum absolute atomic E-state index is 0.0173. The van der Waals surface area contributed by atoms with Gasteiger partial charge in [0, 0.05) is 30.2 Å². The van der Waals surface area contributed by atoms with E-state index in [2.05, 4.69) is 11.9 Å². The summed E-state index contributed by atoms with van der Waals surface area (Å²) in [6, 6.07) is 5.68. The van der Waals surface area contributed by atoms with Gasteiger partial charge in [-0.2, -0.15) is 0 Å². The van der Waals surface area contributed by atoms with E-state index in [9.17, 15) is 8.78 Å². The van der Waals surface area contributed by atoms with Gasteiger partial charge in [0.1, 0.15) is 11.6 Å². The van der Waals surface area contributed by atoms with Gasteiger partial charge in [-0.3, -0.25) is 4.98 Å². The Bertz CT molecular complexity index is 982. The third kappa shape index (κ3) is 3.97. The fourth-order valence-electron chi connectivity index (χ4n) is 5.07. The Labute approximate surface area is 181 Å². The maximum Gasteiger partial charge on any atom is 0.154 e. The predicted molar refractivity (Wildman–Crippen MR) is 117 cm³/mol. The van der Waals surface area contributed by atoms with E-state index >= 15 is 0 Å². The Morgan fingerprint density at radius 1 is 1.27 bits per heavy atom. The maximum absolute atomic E-state index is 14.0. The van der Waals surface area contributed by atoms with Gasteiger partial charge in [-0.15, -0.1) is 0 Å². The van der Waals surface area contributed by atoms with Gasteiger partial charge in [0.25, 0.3) is 0 Å². The highest BCUT2D eigenvalue weighted by Gasteiger charge is 2.46. The van der Waals surface area contributed by atoms with Gasteiger partial charge in [0.2, 0.25) is 0 Å². The molecule has 2 unspecified atom stereocenters. The Morgan fingerprint density at radius 2 is 2.03 bits per heavy atom. The lowest BCUT2D eigenvalue weighted by Crippen LogP contribution is -2.50. The summed E-state index contributed by atoms with van der Waals surface area (Å²) >= 11 is 6.44. The highest BCUT2D eigenvalue weighted by atomic mass is 35.5. The van der Waals surface area contributed by atoms with Crippen molar-refractivity contribution < 1.29 is 13.5 Å². The van der Waals surface area contributed by atoms with Crippen LogP contribution in [0.15, 0.2) is 54.4 Å². The number of nitrogens with two attached hydrogens (primary N) is 1. The number of benzene rings is 1. The fraction of sp³-hybridized carbons (Fsp3) is 0.458. The number of aromatic nitrogens is 1. The molecule has 30 heavy (non-hydrogen) atoms. The number of allylic oxidation sites excluding steroid dienone is 4. The Morgan fingerprint density at radius 3 is 2.73 bits per heavy atom. The van der Waals surface area contributed by atoms with Crippen molar-refractivity contribution in [3.8, 4) is 5.75 Å². The van der Waals surface area contributed by atoms with E-state index in [0.29, 0.717) is 10.8 Å². The van der Waals surface area contributed by atoms with Crippen LogP contribution in [0.2, 0.25) is 5.02 Å². The number of nitrogens with zero attached hydrogens (tertiary/aromatic N) is 1. The zero-order valence-electron chi connectivity index (χ0n) is 17.1. The van der Waals surface area contributed by atoms with E-state index in [-0.39, 0.29) is 29.9 Å². The molecule has 2 aromatic rings. The van der Waals surface area contributed by atoms with E-state index in [4.69, 9.17) is 22.1 Å². The summed E-state index contributed by atoms with van der Waals surface area (Å²) in [4.78, 5) is 4.12. The molecule has 0 aliphatic heterocycles. The third-order valence-electron chi connectivity index (χ3n) is 6.90. The first-order chi connectivity index (χ1) is 14.4. The number of rotatable bonds is 5. The normalized spacial score (nSPS) is 28.0. The number of pyridine rings is 1. The van der Waals surface area contributed by atoms with Crippen molar-refractivity contribution in [2.45, 2.75) is 57.6 Å². The average molecular weight is 433 g/mol. The zero-order chi connectivity index (χ0) is 21.3. The fourth-order valence-corrected chi connectivity index (χ4v) is 5.29. The van der Waals surface area contributed by atoms with Crippen LogP contribution in [0.4, 0.5) is 8.78 Å². The van der Waals surface area contributed by atoms with Crippen molar-refractivity contribution in [3.05, 3.63) is 59.4 Å². The van der Waals surface area contributed by atoms with Crippen LogP contribution in [-0.2, 0) is 0 Å². The summed E-state index contributed by atoms with van der Waals surface area (Å²) in [7, 11) is 0. The molecule has 0 spiro atoms. The summed E-state index contributed by atoms with van der Waals surface area (Å²) in [5.74, 6) is -0.850. The van der Waals surface area contributed by atoms with Crippen LogP contribution in [0.1, 0.15) is 45.4 Å². The molecular weight excluding hydrogens is 406 g/mol. The highest BCUT2D eigenvalue weighted by Crippen LogP contribution is 2.50. The molecule has 1 heterocycles. The van der Waals surface area contributed by atoms with E-state index in [1.807, 2.05) is 24.3 Å². The molecule has 0 saturated heterocycles. The Hall–Kier alpha value is -1.98. The highest BCUT2D eigenvalue weighted by molar-refractivity contribution is 6.32. The second-order valence-corrected chi connectivity index (χ2v) is 8.90. The van der Waals surface area contributed by atoms with Crippen LogP contribution in [-0.4, -0.2) is 17.1 Å². The molecule has 6 heteroatoms. The molecule has 1 aromatic carbocycles. The van der Waals surface area contributed by atoms with Gasteiger partial charge in [0.15, 0.2) is 5.83 Å². The summed E-state index contributed by atoms with van der Waals surface area (Å²) in [5.41, 5.74) is 6.30. The summed E-state index contributed by atoms with van der Waals surface area (Å²) < 4.78 is 33.8. The van der Waals surface area contributed by atoms with Crippen molar-refractivity contribution in [3.63, 3.8) is 0 Å². The first kappa shape index (κ1) is 21.3. The molecule has 1 saturated carbocycles.